The van der Waals surface area contributed by atoms with Gasteiger partial charge in [0.2, 0.25) is 33.3 Å². The summed E-state index contributed by atoms with van der Waals surface area (Å²) in [6, 6.07) is 4.09. The van der Waals surface area contributed by atoms with Crippen molar-refractivity contribution in [2.24, 2.45) is 17.8 Å². The van der Waals surface area contributed by atoms with Crippen molar-refractivity contribution in [3.63, 3.8) is 0 Å². The van der Waals surface area contributed by atoms with Crippen molar-refractivity contribution >= 4 is 44.6 Å². The van der Waals surface area contributed by atoms with E-state index in [9.17, 15) is 45.2 Å². The second-order valence-corrected chi connectivity index (χ2v) is 18.6. The van der Waals surface area contributed by atoms with E-state index in [1.54, 1.807) is 43.3 Å². The van der Waals surface area contributed by atoms with Crippen LogP contribution in [0.2, 0.25) is 0 Å². The van der Waals surface area contributed by atoms with E-state index in [2.05, 4.69) is 15.6 Å². The van der Waals surface area contributed by atoms with Crippen molar-refractivity contribution in [2.45, 2.75) is 113 Å². The molecule has 58 heavy (non-hydrogen) atoms. The average Bonchev–Trinajstić information content (AvgIpc) is 4.06. The minimum Gasteiger partial charge on any atom is -0.496 e. The van der Waals surface area contributed by atoms with Gasteiger partial charge in [0.1, 0.15) is 40.9 Å². The summed E-state index contributed by atoms with van der Waals surface area (Å²) in [6.07, 6.45) is -1.00. The number of alkyl halides is 4. The average molecular weight is 840 g/mol. The molecular weight excluding hydrogens is 791 g/mol. The van der Waals surface area contributed by atoms with E-state index in [0.717, 1.165) is 4.90 Å². The molecular formula is C39H49F4N5O9S. The molecule has 6 rings (SSSR count). The lowest BCUT2D eigenvalue weighted by Gasteiger charge is -2.34. The van der Waals surface area contributed by atoms with Gasteiger partial charge in [0.05, 0.1) is 13.7 Å². The number of alkyl carbamates (subject to hydrolysis) is 1. The van der Waals surface area contributed by atoms with Crippen molar-refractivity contribution in [3.05, 3.63) is 42.6 Å². The fraction of sp³-hybridized carbons (Fsp3) is 0.615. The fourth-order valence-electron chi connectivity index (χ4n) is 7.78. The van der Waals surface area contributed by atoms with Crippen LogP contribution in [0.25, 0.3) is 10.8 Å². The van der Waals surface area contributed by atoms with Gasteiger partial charge in [-0.05, 0) is 82.4 Å². The van der Waals surface area contributed by atoms with Crippen LogP contribution >= 0.6 is 0 Å². The van der Waals surface area contributed by atoms with E-state index < -0.39 is 92.6 Å². The Balaban J connectivity index is 1.36. The number of allylic oxidation sites excluding steroid dienone is 1. The summed E-state index contributed by atoms with van der Waals surface area (Å²) in [7, 11) is -2.96. The number of amides is 4. The predicted molar refractivity (Wildman–Crippen MR) is 202 cm³/mol. The van der Waals surface area contributed by atoms with Gasteiger partial charge in [-0.2, -0.15) is 13.2 Å². The molecule has 0 bridgehead atoms. The highest BCUT2D eigenvalue weighted by atomic mass is 32.2. The second kappa shape index (κ2) is 15.8. The molecule has 318 valence electrons. The maximum absolute atomic E-state index is 14.7. The molecule has 19 heteroatoms. The number of nitrogens with zero attached hydrogens (tertiary/aromatic N) is 2. The zero-order valence-corrected chi connectivity index (χ0v) is 33.7. The molecule has 0 spiro atoms. The minimum atomic E-state index is -4.93. The highest BCUT2D eigenvalue weighted by Crippen LogP contribution is 2.48. The molecule has 1 aromatic carbocycles. The fourth-order valence-corrected chi connectivity index (χ4v) is 9.20. The lowest BCUT2D eigenvalue weighted by atomic mass is 9.88. The molecule has 3 heterocycles. The van der Waals surface area contributed by atoms with Crippen LogP contribution in [-0.2, 0) is 29.1 Å². The van der Waals surface area contributed by atoms with Crippen molar-refractivity contribution in [1.29, 1.82) is 0 Å². The number of pyridine rings is 1. The van der Waals surface area contributed by atoms with E-state index in [-0.39, 0.29) is 44.0 Å². The number of benzene rings is 1. The number of rotatable bonds is 9. The topological polar surface area (TPSA) is 182 Å². The first-order valence-electron chi connectivity index (χ1n) is 19.2. The smallest absolute Gasteiger partial charge is 0.427 e. The summed E-state index contributed by atoms with van der Waals surface area (Å²) < 4.78 is 98.2. The Hall–Kier alpha value is -4.68. The van der Waals surface area contributed by atoms with Crippen LogP contribution in [0.4, 0.5) is 22.4 Å². The number of methoxy groups -OCH3 is 1. The van der Waals surface area contributed by atoms with E-state index in [1.807, 2.05) is 11.6 Å². The van der Waals surface area contributed by atoms with E-state index in [0.29, 0.717) is 49.6 Å². The number of sulfonamides is 1. The molecule has 2 saturated carbocycles. The molecule has 1 aromatic heterocycles. The summed E-state index contributed by atoms with van der Waals surface area (Å²) in [5.41, 5.74) is -4.67. The Morgan fingerprint density at radius 1 is 1.09 bits per heavy atom. The lowest BCUT2D eigenvalue weighted by molar-refractivity contribution is -0.244. The van der Waals surface area contributed by atoms with E-state index >= 15 is 0 Å². The summed E-state index contributed by atoms with van der Waals surface area (Å²) >= 11 is 0. The first-order valence-corrected chi connectivity index (χ1v) is 20.7. The van der Waals surface area contributed by atoms with Crippen LogP contribution in [0.15, 0.2) is 42.6 Å². The van der Waals surface area contributed by atoms with Crippen molar-refractivity contribution in [2.75, 3.05) is 20.3 Å². The maximum Gasteiger partial charge on any atom is 0.427 e. The van der Waals surface area contributed by atoms with Gasteiger partial charge in [-0.15, -0.1) is 0 Å². The summed E-state index contributed by atoms with van der Waals surface area (Å²) in [6.45, 7) is 3.48. The molecule has 3 fully saturated rings. The van der Waals surface area contributed by atoms with Gasteiger partial charge in [0.15, 0.2) is 0 Å². The van der Waals surface area contributed by atoms with Crippen LogP contribution in [0.5, 0.6) is 11.6 Å². The van der Waals surface area contributed by atoms with Crippen molar-refractivity contribution < 1.29 is 59.4 Å². The molecule has 14 nitrogen and oxygen atoms in total. The monoisotopic (exact) mass is 839 g/mol. The Labute approximate surface area is 333 Å². The number of halogens is 4. The Morgan fingerprint density at radius 3 is 2.47 bits per heavy atom. The van der Waals surface area contributed by atoms with E-state index in [1.165, 1.54) is 13.3 Å². The minimum absolute atomic E-state index is 0.0131. The van der Waals surface area contributed by atoms with E-state index in [4.69, 9.17) is 14.2 Å². The quantitative estimate of drug-likeness (QED) is 0.233. The molecule has 2 aliphatic carbocycles. The van der Waals surface area contributed by atoms with Crippen LogP contribution < -0.4 is 24.8 Å². The van der Waals surface area contributed by atoms with Crippen LogP contribution in [0, 0.1) is 17.8 Å². The Kier molecular flexibility index (Phi) is 11.7. The van der Waals surface area contributed by atoms with Crippen LogP contribution in [0.3, 0.4) is 0 Å². The molecule has 2 aliphatic heterocycles. The number of fused-ring (bicyclic) bond motifs is 3. The van der Waals surface area contributed by atoms with Gasteiger partial charge in [-0.1, -0.05) is 32.1 Å². The molecule has 2 aromatic rings. The zero-order valence-electron chi connectivity index (χ0n) is 32.9. The van der Waals surface area contributed by atoms with Gasteiger partial charge in [-0.3, -0.25) is 19.1 Å². The maximum atomic E-state index is 14.7. The molecule has 4 amide bonds. The summed E-state index contributed by atoms with van der Waals surface area (Å²) in [4.78, 5) is 61.7. The van der Waals surface area contributed by atoms with Gasteiger partial charge < -0.3 is 29.7 Å². The van der Waals surface area contributed by atoms with Gasteiger partial charge in [0.25, 0.3) is 5.91 Å². The number of carbonyl (C=O) groups excluding carboxylic acids is 4. The first kappa shape index (κ1) is 42.9. The first-order chi connectivity index (χ1) is 27.2. The highest BCUT2D eigenvalue weighted by Gasteiger charge is 2.64. The van der Waals surface area contributed by atoms with Crippen molar-refractivity contribution in [1.82, 2.24) is 25.2 Å². The number of hydrogen-bond donors (Lipinski definition) is 3. The third-order valence-electron chi connectivity index (χ3n) is 11.8. The molecule has 3 N–H and O–H groups in total. The SMILES string of the molecule is COc1cccc2c(O[C@@H]3C[C@H]4C(=O)N[C@]5(C(=O)NS(=O)(=O)C6(CF)CC6)C[C@H]5/C=C\CC[C@@H](C)C[C@@H](C)[C@H](NC(=O)OC(C)(C)C(F)(F)F)C(=O)N4C3)nccc12. The molecule has 7 atom stereocenters. The van der Waals surface area contributed by atoms with Gasteiger partial charge in [0, 0.05) is 29.3 Å². The second-order valence-electron chi connectivity index (χ2n) is 16.5. The van der Waals surface area contributed by atoms with Gasteiger partial charge in [-0.25, -0.2) is 22.6 Å². The Morgan fingerprint density at radius 2 is 1.81 bits per heavy atom. The van der Waals surface area contributed by atoms with Crippen LogP contribution in [0.1, 0.15) is 72.6 Å². The standard InChI is InChI=1S/C39H49F4N5O9S/c1-22-9-6-7-10-24-19-38(24,34(51)47-58(53,54)37(21-40)14-15-37)46-31(49)28-18-25(56-32-27-11-8-12-29(55-5)26(27)13-16-44-32)20-48(28)33(50)30(23(2)17-22)45-35(52)57-36(3,4)39(41,42)43/h7-8,10-13,16,22-25,28,30H,6,9,14-15,17-21H2,1-5H3,(H,45,52)(H,46,49)(H,47,51)/b10-7-/t22-,23-,24-,25-,28+,30+,38-/m1/s1. The molecule has 4 aliphatic rings. The highest BCUT2D eigenvalue weighted by molar-refractivity contribution is 7.91. The zero-order chi connectivity index (χ0) is 42.4. The number of nitrogens with one attached hydrogen (secondary N) is 3. The number of hydrogen-bond acceptors (Lipinski definition) is 10. The van der Waals surface area contributed by atoms with Crippen LogP contribution in [-0.4, -0.2) is 103 Å². The third-order valence-corrected chi connectivity index (χ3v) is 13.9. The third kappa shape index (κ3) is 8.41. The summed E-state index contributed by atoms with van der Waals surface area (Å²) in [5.74, 6) is -3.41. The normalized spacial score (nSPS) is 29.4. The van der Waals surface area contributed by atoms with Crippen molar-refractivity contribution in [3.8, 4) is 11.6 Å². The Bertz CT molecular complexity index is 2080. The number of aromatic nitrogens is 1. The lowest BCUT2D eigenvalue weighted by Crippen LogP contribution is -2.60. The predicted octanol–water partition coefficient (Wildman–Crippen LogP) is 4.86. The summed E-state index contributed by atoms with van der Waals surface area (Å²) in [5, 5.41) is 6.30. The van der Waals surface area contributed by atoms with Gasteiger partial charge >= 0.3 is 12.3 Å². The molecule has 1 saturated heterocycles. The molecule has 0 unspecified atom stereocenters. The number of carbonyl (C=O) groups is 4. The largest absolute Gasteiger partial charge is 0.496 e. The number of ether oxygens (including phenoxy) is 3. The molecule has 0 radical (unpaired) electrons.